The van der Waals surface area contributed by atoms with Gasteiger partial charge in [0.2, 0.25) is 5.91 Å². The Morgan fingerprint density at radius 1 is 1.33 bits per heavy atom. The van der Waals surface area contributed by atoms with E-state index in [0.29, 0.717) is 25.1 Å². The van der Waals surface area contributed by atoms with Crippen molar-refractivity contribution in [1.82, 2.24) is 10.2 Å². The Morgan fingerprint density at radius 3 is 2.52 bits per heavy atom. The zero-order valence-corrected chi connectivity index (χ0v) is 13.5. The summed E-state index contributed by atoms with van der Waals surface area (Å²) in [4.78, 5) is 25.3. The third-order valence-corrected chi connectivity index (χ3v) is 4.07. The predicted octanol–water partition coefficient (Wildman–Crippen LogP) is 1.55. The predicted molar refractivity (Wildman–Crippen MR) is 82.9 cm³/mol. The van der Waals surface area contributed by atoms with Gasteiger partial charge in [-0.3, -0.25) is 9.59 Å². The molecule has 0 spiro atoms. The molecule has 2 N–H and O–H groups in total. The highest BCUT2D eigenvalue weighted by Gasteiger charge is 2.42. The Bertz CT molecular complexity index is 524. The summed E-state index contributed by atoms with van der Waals surface area (Å²) in [6, 6.07) is 6.93. The number of β-amino-alcohol motifs (C(OH)–C–C–N with tert-alkyl or cyclic N) is 1. The number of carbonyl (C=O) groups is 2. The molecule has 1 aromatic carbocycles. The molecule has 0 aromatic heterocycles. The maximum atomic E-state index is 11.9. The molecule has 2 rings (SSSR count). The Kier molecular flexibility index (Phi) is 5.00. The van der Waals surface area contributed by atoms with Crippen molar-refractivity contribution < 1.29 is 14.7 Å². The van der Waals surface area contributed by atoms with E-state index in [1.807, 2.05) is 6.92 Å². The first-order chi connectivity index (χ1) is 9.93. The first-order valence-corrected chi connectivity index (χ1v) is 7.77. The highest BCUT2D eigenvalue weighted by Crippen LogP contribution is 2.25. The number of aliphatic hydroxyl groups is 1. The van der Waals surface area contributed by atoms with Gasteiger partial charge in [0.1, 0.15) is 0 Å². The highest BCUT2D eigenvalue weighted by atomic mass is 79.9. The number of nitrogens with zero attached hydrogens (tertiary/aromatic N) is 1. The van der Waals surface area contributed by atoms with Crippen molar-refractivity contribution in [3.63, 3.8) is 0 Å². The summed E-state index contributed by atoms with van der Waals surface area (Å²) in [6.07, 6.45) is 1.58. The molecule has 1 fully saturated rings. The average molecular weight is 355 g/mol. The molecule has 0 aliphatic carbocycles. The third kappa shape index (κ3) is 4.04. The van der Waals surface area contributed by atoms with Crippen LogP contribution in [0.1, 0.15) is 30.1 Å². The average Bonchev–Trinajstić information content (AvgIpc) is 2.42. The summed E-state index contributed by atoms with van der Waals surface area (Å²) in [5.74, 6) is -0.443. The van der Waals surface area contributed by atoms with Gasteiger partial charge >= 0.3 is 0 Å². The van der Waals surface area contributed by atoms with Gasteiger partial charge in [0.05, 0.1) is 25.2 Å². The number of nitrogens with one attached hydrogen (secondary N) is 1. The quantitative estimate of drug-likeness (QED) is 0.842. The number of benzene rings is 1. The van der Waals surface area contributed by atoms with Gasteiger partial charge < -0.3 is 15.3 Å². The second-order valence-electron chi connectivity index (χ2n) is 5.41. The van der Waals surface area contributed by atoms with E-state index in [9.17, 15) is 14.7 Å². The van der Waals surface area contributed by atoms with Gasteiger partial charge in [-0.05, 0) is 30.7 Å². The van der Waals surface area contributed by atoms with Crippen molar-refractivity contribution in [3.05, 3.63) is 34.3 Å². The van der Waals surface area contributed by atoms with Crippen molar-refractivity contribution in [1.29, 1.82) is 0 Å². The van der Waals surface area contributed by atoms with Gasteiger partial charge in [-0.1, -0.05) is 29.3 Å². The first kappa shape index (κ1) is 16.0. The number of halogens is 1. The molecule has 6 heteroatoms. The van der Waals surface area contributed by atoms with Gasteiger partial charge in [0, 0.05) is 10.0 Å². The van der Waals surface area contributed by atoms with Crippen LogP contribution in [0.5, 0.6) is 0 Å². The van der Waals surface area contributed by atoms with Crippen LogP contribution in [0.2, 0.25) is 0 Å². The second kappa shape index (κ2) is 6.58. The first-order valence-electron chi connectivity index (χ1n) is 6.97. The molecule has 0 saturated carbocycles. The number of likely N-dealkylation sites (tertiary alicyclic amines) is 1. The molecule has 1 aliphatic heterocycles. The van der Waals surface area contributed by atoms with E-state index in [2.05, 4.69) is 21.2 Å². The molecule has 0 unspecified atom stereocenters. The van der Waals surface area contributed by atoms with Crippen molar-refractivity contribution in [2.45, 2.75) is 25.4 Å². The smallest absolute Gasteiger partial charge is 0.251 e. The zero-order valence-electron chi connectivity index (χ0n) is 11.9. The lowest BCUT2D eigenvalue weighted by molar-refractivity contribution is -0.155. The van der Waals surface area contributed by atoms with Crippen LogP contribution in [0, 0.1) is 0 Å². The van der Waals surface area contributed by atoms with Crippen molar-refractivity contribution >= 4 is 27.7 Å². The molecule has 5 nitrogen and oxygen atoms in total. The van der Waals surface area contributed by atoms with E-state index >= 15 is 0 Å². The lowest BCUT2D eigenvalue weighted by atomic mass is 9.89. The number of rotatable bonds is 5. The maximum Gasteiger partial charge on any atom is 0.251 e. The van der Waals surface area contributed by atoms with E-state index in [1.54, 1.807) is 29.2 Å². The van der Waals surface area contributed by atoms with Crippen LogP contribution in [-0.2, 0) is 4.79 Å². The number of amides is 2. The van der Waals surface area contributed by atoms with Gasteiger partial charge in [-0.25, -0.2) is 0 Å². The minimum atomic E-state index is -0.736. The normalized spacial score (nSPS) is 16.2. The fourth-order valence-corrected chi connectivity index (χ4v) is 2.70. The lowest BCUT2D eigenvalue weighted by Crippen LogP contribution is -2.64. The van der Waals surface area contributed by atoms with Crippen LogP contribution in [0.3, 0.4) is 0 Å². The van der Waals surface area contributed by atoms with E-state index in [1.165, 1.54) is 0 Å². The molecule has 2 amide bonds. The van der Waals surface area contributed by atoms with Gasteiger partial charge in [0.15, 0.2) is 0 Å². The second-order valence-corrected chi connectivity index (χ2v) is 6.33. The van der Waals surface area contributed by atoms with Gasteiger partial charge in [-0.15, -0.1) is 0 Å². The minimum Gasteiger partial charge on any atom is -0.386 e. The molecular weight excluding hydrogens is 336 g/mol. The van der Waals surface area contributed by atoms with E-state index < -0.39 is 5.60 Å². The maximum absolute atomic E-state index is 11.9. The van der Waals surface area contributed by atoms with Crippen LogP contribution >= 0.6 is 15.9 Å². The monoisotopic (exact) mass is 354 g/mol. The van der Waals surface area contributed by atoms with E-state index in [4.69, 9.17) is 0 Å². The molecule has 1 aromatic rings. The summed E-state index contributed by atoms with van der Waals surface area (Å²) >= 11 is 3.30. The Balaban J connectivity index is 1.77. The number of hydrogen-bond acceptors (Lipinski definition) is 3. The molecule has 114 valence electrons. The van der Waals surface area contributed by atoms with Crippen molar-refractivity contribution in [3.8, 4) is 0 Å². The highest BCUT2D eigenvalue weighted by molar-refractivity contribution is 9.10. The fraction of sp³-hybridized carbons (Fsp3) is 0.467. The molecule has 1 heterocycles. The molecular formula is C15H19BrN2O3. The molecule has 0 bridgehead atoms. The molecule has 0 atom stereocenters. The lowest BCUT2D eigenvalue weighted by Gasteiger charge is -2.46. The van der Waals surface area contributed by atoms with Crippen LogP contribution in [0.15, 0.2) is 28.7 Å². The van der Waals surface area contributed by atoms with E-state index in [-0.39, 0.29) is 18.4 Å². The Labute approximate surface area is 132 Å². The Hall–Kier alpha value is -1.40. The molecule has 21 heavy (non-hydrogen) atoms. The van der Waals surface area contributed by atoms with Crippen LogP contribution in [-0.4, -0.2) is 47.1 Å². The fourth-order valence-electron chi connectivity index (χ4n) is 2.44. The SMILES string of the molecule is CCCC1(O)CN(C(=O)CNC(=O)c2ccc(Br)cc2)C1. The third-order valence-electron chi connectivity index (χ3n) is 3.55. The molecule has 0 radical (unpaired) electrons. The van der Waals surface area contributed by atoms with Crippen LogP contribution in [0.4, 0.5) is 0 Å². The van der Waals surface area contributed by atoms with E-state index in [0.717, 1.165) is 10.9 Å². The van der Waals surface area contributed by atoms with Crippen molar-refractivity contribution in [2.75, 3.05) is 19.6 Å². The zero-order chi connectivity index (χ0) is 15.5. The number of hydrogen-bond donors (Lipinski definition) is 2. The molecule has 1 aliphatic rings. The Morgan fingerprint density at radius 2 is 1.95 bits per heavy atom. The summed E-state index contributed by atoms with van der Waals surface area (Å²) in [5, 5.41) is 12.6. The molecule has 1 saturated heterocycles. The largest absolute Gasteiger partial charge is 0.386 e. The van der Waals surface area contributed by atoms with Crippen LogP contribution in [0.25, 0.3) is 0 Å². The summed E-state index contributed by atoms with van der Waals surface area (Å²) in [6.45, 7) is 2.67. The summed E-state index contributed by atoms with van der Waals surface area (Å²) < 4.78 is 0.894. The summed E-state index contributed by atoms with van der Waals surface area (Å²) in [5.41, 5.74) is -0.225. The topological polar surface area (TPSA) is 69.6 Å². The van der Waals surface area contributed by atoms with Crippen molar-refractivity contribution in [2.24, 2.45) is 0 Å². The summed E-state index contributed by atoms with van der Waals surface area (Å²) in [7, 11) is 0. The standard InChI is InChI=1S/C15H19BrN2O3/c1-2-7-15(21)9-18(10-15)13(19)8-17-14(20)11-3-5-12(16)6-4-11/h3-6,21H,2,7-10H2,1H3,(H,17,20). The van der Waals surface area contributed by atoms with Gasteiger partial charge in [0.25, 0.3) is 5.91 Å². The number of carbonyl (C=O) groups excluding carboxylic acids is 2. The minimum absolute atomic E-state index is 0.0445. The van der Waals surface area contributed by atoms with Crippen LogP contribution < -0.4 is 5.32 Å². The van der Waals surface area contributed by atoms with Gasteiger partial charge in [-0.2, -0.15) is 0 Å².